The van der Waals surface area contributed by atoms with Crippen LogP contribution in [0.2, 0.25) is 0 Å². The number of hydrogen-bond donors (Lipinski definition) is 0. The van der Waals surface area contributed by atoms with Gasteiger partial charge in [0.2, 0.25) is 0 Å². The number of allylic oxidation sites excluding steroid dienone is 4. The van der Waals surface area contributed by atoms with Gasteiger partial charge in [-0.05, 0) is 74.0 Å². The molecule has 1 saturated heterocycles. The molecule has 1 aliphatic heterocycles. The minimum atomic E-state index is 0.127. The van der Waals surface area contributed by atoms with Crippen LogP contribution in [0, 0.1) is 28.6 Å². The maximum absolute atomic E-state index is 12.0. The summed E-state index contributed by atoms with van der Waals surface area (Å²) in [6, 6.07) is 0. The monoisotopic (exact) mass is 333 g/mol. The zero-order valence-corrected chi connectivity index (χ0v) is 15.0. The zero-order chi connectivity index (χ0) is 16.6. The summed E-state index contributed by atoms with van der Waals surface area (Å²) in [4.78, 5) is 12.0. The molecule has 7 rings (SSSR count). The van der Waals surface area contributed by atoms with Gasteiger partial charge in [0.1, 0.15) is 5.60 Å². The lowest BCUT2D eigenvalue weighted by Crippen LogP contribution is -2.56. The largest absolute Gasteiger partial charge is 0.370 e. The highest BCUT2D eigenvalue weighted by molar-refractivity contribution is 5.92. The fourth-order valence-corrected chi connectivity index (χ4v) is 8.36. The van der Waals surface area contributed by atoms with E-state index in [1.54, 1.807) is 22.6 Å². The van der Waals surface area contributed by atoms with Gasteiger partial charge in [-0.3, -0.25) is 4.79 Å². The van der Waals surface area contributed by atoms with E-state index in [0.717, 1.165) is 37.7 Å². The van der Waals surface area contributed by atoms with Gasteiger partial charge in [0.25, 0.3) is 0 Å². The fourth-order valence-electron chi connectivity index (χ4n) is 8.36. The van der Waals surface area contributed by atoms with Gasteiger partial charge < -0.3 is 4.74 Å². The topological polar surface area (TPSA) is 26.3 Å². The minimum absolute atomic E-state index is 0.127. The Hall–Kier alpha value is -1.15. The van der Waals surface area contributed by atoms with E-state index in [0.29, 0.717) is 11.2 Å². The van der Waals surface area contributed by atoms with Crippen LogP contribution in [0.25, 0.3) is 0 Å². The fraction of sp³-hybridized carbons (Fsp3) is 0.652. The Balaban J connectivity index is 1.36. The van der Waals surface area contributed by atoms with Gasteiger partial charge in [0, 0.05) is 29.8 Å². The molecule has 0 bridgehead atoms. The maximum Gasteiger partial charge on any atom is 0.155 e. The lowest BCUT2D eigenvalue weighted by atomic mass is 9.48. The molecular formula is C23H25O2. The van der Waals surface area contributed by atoms with Crippen LogP contribution in [0.4, 0.5) is 0 Å². The molecule has 3 fully saturated rings. The van der Waals surface area contributed by atoms with E-state index in [9.17, 15) is 4.79 Å². The van der Waals surface area contributed by atoms with Gasteiger partial charge in [-0.15, -0.1) is 0 Å². The average molecular weight is 333 g/mol. The van der Waals surface area contributed by atoms with Crippen molar-refractivity contribution in [3.05, 3.63) is 40.4 Å². The van der Waals surface area contributed by atoms with E-state index in [2.05, 4.69) is 13.0 Å². The van der Waals surface area contributed by atoms with Gasteiger partial charge in [-0.1, -0.05) is 24.1 Å². The molecule has 0 aromatic carbocycles. The molecule has 5 atom stereocenters. The predicted octanol–water partition coefficient (Wildman–Crippen LogP) is 4.48. The zero-order valence-electron chi connectivity index (χ0n) is 15.0. The molecule has 0 aromatic heterocycles. The van der Waals surface area contributed by atoms with E-state index in [1.165, 1.54) is 37.7 Å². The lowest BCUT2D eigenvalue weighted by molar-refractivity contribution is -0.116. The van der Waals surface area contributed by atoms with Crippen LogP contribution >= 0.6 is 0 Å². The van der Waals surface area contributed by atoms with E-state index in [4.69, 9.17) is 4.74 Å². The third kappa shape index (κ3) is 1.23. The smallest absolute Gasteiger partial charge is 0.155 e. The molecule has 2 heteroatoms. The van der Waals surface area contributed by atoms with Crippen LogP contribution < -0.4 is 0 Å². The van der Waals surface area contributed by atoms with E-state index in [1.807, 2.05) is 6.08 Å². The van der Waals surface area contributed by atoms with Crippen molar-refractivity contribution in [3.63, 3.8) is 0 Å². The molecule has 0 N–H and O–H groups in total. The van der Waals surface area contributed by atoms with Crippen LogP contribution in [0.1, 0.15) is 58.3 Å². The highest BCUT2D eigenvalue weighted by Gasteiger charge is 2.83. The normalized spacial score (nSPS) is 52.1. The molecule has 6 aliphatic carbocycles. The molecule has 25 heavy (non-hydrogen) atoms. The highest BCUT2D eigenvalue weighted by atomic mass is 16.5. The first-order valence-electron chi connectivity index (χ1n) is 10.3. The van der Waals surface area contributed by atoms with Crippen LogP contribution in [-0.2, 0) is 9.53 Å². The Kier molecular flexibility index (Phi) is 2.18. The number of rotatable bonds is 0. The first-order chi connectivity index (χ1) is 12.1. The van der Waals surface area contributed by atoms with Crippen LogP contribution in [-0.4, -0.2) is 18.0 Å². The summed E-state index contributed by atoms with van der Waals surface area (Å²) in [5, 5.41) is 0. The number of ketones is 1. The predicted molar refractivity (Wildman–Crippen MR) is 94.6 cm³/mol. The standard InChI is InChI=1S/C23H25O2/c1-21-8-4-14(24)12-13(21)2-3-15-17(21)5-9-22-18(15)6-10-23(22)20-16(19(20)22)7-11-25-23/h5,12,15,18H,2-4,6-11H2,1H3/t15-,18+,21+,22+,23?/m1/s1. The molecule has 1 radical (unpaired) electrons. The Morgan fingerprint density at radius 2 is 2.04 bits per heavy atom. The summed E-state index contributed by atoms with van der Waals surface area (Å²) in [6.45, 7) is 3.38. The first kappa shape index (κ1) is 14.0. The molecule has 1 heterocycles. The van der Waals surface area contributed by atoms with Gasteiger partial charge in [-0.25, -0.2) is 0 Å². The second kappa shape index (κ2) is 3.91. The van der Waals surface area contributed by atoms with Crippen molar-refractivity contribution in [1.82, 2.24) is 0 Å². The van der Waals surface area contributed by atoms with Crippen molar-refractivity contribution in [1.29, 1.82) is 0 Å². The maximum atomic E-state index is 12.0. The molecule has 2 spiro atoms. The summed E-state index contributed by atoms with van der Waals surface area (Å²) >= 11 is 0. The number of ether oxygens (including phenoxy) is 1. The summed E-state index contributed by atoms with van der Waals surface area (Å²) in [6.07, 6.45) is 13.8. The minimum Gasteiger partial charge on any atom is -0.370 e. The molecule has 7 aliphatic rings. The second-order valence-corrected chi connectivity index (χ2v) is 9.75. The van der Waals surface area contributed by atoms with Crippen LogP contribution in [0.15, 0.2) is 34.4 Å². The molecular weight excluding hydrogens is 308 g/mol. The molecule has 0 aromatic rings. The SMILES string of the molecule is C[C@]12CCC(=O)C=C1CC[C@@H]1C2=CC[C@]23C4=C5[C]4CCOC52CC[C@@H]13. The van der Waals surface area contributed by atoms with Gasteiger partial charge in [0.05, 0.1) is 0 Å². The summed E-state index contributed by atoms with van der Waals surface area (Å²) in [5.41, 5.74) is 7.21. The van der Waals surface area contributed by atoms with Crippen molar-refractivity contribution >= 4 is 5.78 Å². The van der Waals surface area contributed by atoms with Gasteiger partial charge in [0.15, 0.2) is 5.78 Å². The highest BCUT2D eigenvalue weighted by Crippen LogP contribution is 2.86. The molecule has 2 nitrogen and oxygen atoms in total. The number of hydrogen-bond acceptors (Lipinski definition) is 2. The second-order valence-electron chi connectivity index (χ2n) is 9.75. The van der Waals surface area contributed by atoms with Crippen LogP contribution in [0.3, 0.4) is 0 Å². The van der Waals surface area contributed by atoms with Gasteiger partial charge in [-0.2, -0.15) is 0 Å². The van der Waals surface area contributed by atoms with Crippen molar-refractivity contribution in [2.45, 2.75) is 63.9 Å². The summed E-state index contributed by atoms with van der Waals surface area (Å²) < 4.78 is 6.53. The Labute approximate surface area is 149 Å². The first-order valence-corrected chi connectivity index (χ1v) is 10.3. The Bertz CT molecular complexity index is 844. The molecule has 0 amide bonds. The molecule has 2 saturated carbocycles. The lowest BCUT2D eigenvalue weighted by Gasteiger charge is -2.58. The van der Waals surface area contributed by atoms with Crippen molar-refractivity contribution < 1.29 is 9.53 Å². The third-order valence-corrected chi connectivity index (χ3v) is 9.31. The van der Waals surface area contributed by atoms with Crippen molar-refractivity contribution in [3.8, 4) is 0 Å². The third-order valence-electron chi connectivity index (χ3n) is 9.31. The summed E-state index contributed by atoms with van der Waals surface area (Å²) in [7, 11) is 0. The van der Waals surface area contributed by atoms with E-state index >= 15 is 0 Å². The molecule has 129 valence electrons. The van der Waals surface area contributed by atoms with E-state index in [-0.39, 0.29) is 11.0 Å². The van der Waals surface area contributed by atoms with Gasteiger partial charge >= 0.3 is 0 Å². The Morgan fingerprint density at radius 3 is 2.96 bits per heavy atom. The summed E-state index contributed by atoms with van der Waals surface area (Å²) in [5.74, 6) is 3.59. The molecule has 1 unspecified atom stereocenters. The number of carbonyl (C=O) groups is 1. The van der Waals surface area contributed by atoms with Crippen LogP contribution in [0.5, 0.6) is 0 Å². The number of fused-ring (bicyclic) bond motifs is 5. The number of carbonyl (C=O) groups excluding carboxylic acids is 1. The average Bonchev–Trinajstić information content (AvgIpc) is 3.29. The van der Waals surface area contributed by atoms with E-state index < -0.39 is 0 Å². The Morgan fingerprint density at radius 1 is 1.12 bits per heavy atom. The van der Waals surface area contributed by atoms with Crippen molar-refractivity contribution in [2.75, 3.05) is 6.61 Å². The quantitative estimate of drug-likeness (QED) is 0.611. The van der Waals surface area contributed by atoms with Crippen molar-refractivity contribution in [2.24, 2.45) is 22.7 Å².